The summed E-state index contributed by atoms with van der Waals surface area (Å²) in [6, 6.07) is 8.93. The number of rotatable bonds is 4. The van der Waals surface area contributed by atoms with Crippen LogP contribution in [0.2, 0.25) is 0 Å². The Balaban J connectivity index is 2.06. The van der Waals surface area contributed by atoms with Gasteiger partial charge in [0.2, 0.25) is 0 Å². The standard InChI is InChI=1S/C15H13FN2O2S/c1-15(20,11-2-4-12(16)5-3-11)9-18-14(19)13-10(8-17)6-7-21-13/h2-7,20H,9H2,1H3,(H,18,19). The molecule has 21 heavy (non-hydrogen) atoms. The van der Waals surface area contributed by atoms with Crippen LogP contribution in [-0.4, -0.2) is 17.6 Å². The maximum Gasteiger partial charge on any atom is 0.262 e. The SMILES string of the molecule is CC(O)(CNC(=O)c1sccc1C#N)c1ccc(F)cc1. The van der Waals surface area contributed by atoms with E-state index in [9.17, 15) is 14.3 Å². The van der Waals surface area contributed by atoms with Gasteiger partial charge in [-0.2, -0.15) is 5.26 Å². The van der Waals surface area contributed by atoms with Crippen LogP contribution < -0.4 is 5.32 Å². The summed E-state index contributed by atoms with van der Waals surface area (Å²) < 4.78 is 12.9. The Hall–Kier alpha value is -2.23. The third-order valence-electron chi connectivity index (χ3n) is 3.05. The van der Waals surface area contributed by atoms with Crippen molar-refractivity contribution < 1.29 is 14.3 Å². The summed E-state index contributed by atoms with van der Waals surface area (Å²) in [6.45, 7) is 1.49. The number of hydrogen-bond donors (Lipinski definition) is 2. The molecule has 0 aliphatic heterocycles. The molecule has 2 rings (SSSR count). The Morgan fingerprint density at radius 2 is 2.10 bits per heavy atom. The van der Waals surface area contributed by atoms with Crippen molar-refractivity contribution in [2.45, 2.75) is 12.5 Å². The first-order valence-corrected chi connectivity index (χ1v) is 7.06. The second kappa shape index (κ2) is 6.04. The fourth-order valence-corrected chi connectivity index (χ4v) is 2.58. The van der Waals surface area contributed by atoms with Crippen molar-refractivity contribution in [3.63, 3.8) is 0 Å². The molecule has 1 amide bonds. The topological polar surface area (TPSA) is 73.1 Å². The monoisotopic (exact) mass is 304 g/mol. The van der Waals surface area contributed by atoms with Crippen LogP contribution in [0.25, 0.3) is 0 Å². The summed E-state index contributed by atoms with van der Waals surface area (Å²) >= 11 is 1.16. The maximum absolute atomic E-state index is 12.9. The van der Waals surface area contributed by atoms with E-state index in [1.807, 2.05) is 6.07 Å². The van der Waals surface area contributed by atoms with Crippen molar-refractivity contribution >= 4 is 17.2 Å². The average Bonchev–Trinajstić information content (AvgIpc) is 2.94. The molecule has 2 aromatic rings. The molecule has 0 aliphatic carbocycles. The predicted octanol–water partition coefficient (Wildman–Crippen LogP) is 2.40. The first-order chi connectivity index (χ1) is 9.94. The lowest BCUT2D eigenvalue weighted by atomic mass is 9.96. The number of benzene rings is 1. The first-order valence-electron chi connectivity index (χ1n) is 6.18. The van der Waals surface area contributed by atoms with Crippen LogP contribution in [0.5, 0.6) is 0 Å². The molecule has 6 heteroatoms. The molecule has 0 saturated carbocycles. The number of aliphatic hydroxyl groups is 1. The number of carbonyl (C=O) groups is 1. The van der Waals surface area contributed by atoms with E-state index in [0.717, 1.165) is 11.3 Å². The van der Waals surface area contributed by atoms with Crippen LogP contribution in [0.15, 0.2) is 35.7 Å². The highest BCUT2D eigenvalue weighted by Crippen LogP contribution is 2.21. The molecule has 1 unspecified atom stereocenters. The number of carbonyl (C=O) groups excluding carboxylic acids is 1. The van der Waals surface area contributed by atoms with Gasteiger partial charge in [0.15, 0.2) is 0 Å². The van der Waals surface area contributed by atoms with Crippen molar-refractivity contribution in [3.05, 3.63) is 57.5 Å². The summed E-state index contributed by atoms with van der Waals surface area (Å²) in [6.07, 6.45) is 0. The predicted molar refractivity (Wildman–Crippen MR) is 77.3 cm³/mol. The Bertz CT molecular complexity index is 686. The third-order valence-corrected chi connectivity index (χ3v) is 3.96. The van der Waals surface area contributed by atoms with E-state index in [4.69, 9.17) is 5.26 Å². The zero-order chi connectivity index (χ0) is 15.5. The van der Waals surface area contributed by atoms with Crippen molar-refractivity contribution in [1.82, 2.24) is 5.32 Å². The van der Waals surface area contributed by atoms with Gasteiger partial charge >= 0.3 is 0 Å². The number of halogens is 1. The summed E-state index contributed by atoms with van der Waals surface area (Å²) in [5.74, 6) is -0.806. The Kier molecular flexibility index (Phi) is 4.36. The van der Waals surface area contributed by atoms with Gasteiger partial charge in [-0.3, -0.25) is 4.79 Å². The van der Waals surface area contributed by atoms with Gasteiger partial charge in [-0.05, 0) is 36.1 Å². The van der Waals surface area contributed by atoms with E-state index in [1.54, 1.807) is 11.4 Å². The molecule has 1 aromatic carbocycles. The molecule has 0 bridgehead atoms. The number of hydrogen-bond acceptors (Lipinski definition) is 4. The number of nitriles is 1. The number of thiophene rings is 1. The largest absolute Gasteiger partial charge is 0.384 e. The summed E-state index contributed by atoms with van der Waals surface area (Å²) in [7, 11) is 0. The minimum Gasteiger partial charge on any atom is -0.384 e. The Labute approximate surface area is 125 Å². The van der Waals surface area contributed by atoms with Gasteiger partial charge in [-0.25, -0.2) is 4.39 Å². The van der Waals surface area contributed by atoms with Gasteiger partial charge in [-0.1, -0.05) is 12.1 Å². The number of amides is 1. The highest BCUT2D eigenvalue weighted by atomic mass is 32.1. The zero-order valence-electron chi connectivity index (χ0n) is 11.3. The normalized spacial score (nSPS) is 13.2. The van der Waals surface area contributed by atoms with E-state index in [0.29, 0.717) is 16.0 Å². The van der Waals surface area contributed by atoms with Crippen LogP contribution in [0.4, 0.5) is 4.39 Å². The van der Waals surface area contributed by atoms with Crippen molar-refractivity contribution in [2.24, 2.45) is 0 Å². The smallest absolute Gasteiger partial charge is 0.262 e. The molecule has 0 fully saturated rings. The lowest BCUT2D eigenvalue weighted by Gasteiger charge is -2.24. The van der Waals surface area contributed by atoms with Gasteiger partial charge in [0, 0.05) is 0 Å². The highest BCUT2D eigenvalue weighted by molar-refractivity contribution is 7.12. The first kappa shape index (κ1) is 15.2. The van der Waals surface area contributed by atoms with Crippen LogP contribution in [-0.2, 0) is 5.60 Å². The lowest BCUT2D eigenvalue weighted by molar-refractivity contribution is 0.0527. The molecular weight excluding hydrogens is 291 g/mol. The van der Waals surface area contributed by atoms with E-state index in [-0.39, 0.29) is 6.54 Å². The number of nitrogens with zero attached hydrogens (tertiary/aromatic N) is 1. The molecule has 0 saturated heterocycles. The molecule has 1 aromatic heterocycles. The molecule has 0 aliphatic rings. The Morgan fingerprint density at radius 1 is 1.43 bits per heavy atom. The van der Waals surface area contributed by atoms with Gasteiger partial charge < -0.3 is 10.4 Å². The van der Waals surface area contributed by atoms with Crippen LogP contribution in [0.1, 0.15) is 27.7 Å². The fraction of sp³-hybridized carbons (Fsp3) is 0.200. The Morgan fingerprint density at radius 3 is 2.71 bits per heavy atom. The minimum atomic E-state index is -1.33. The van der Waals surface area contributed by atoms with Crippen molar-refractivity contribution in [1.29, 1.82) is 5.26 Å². The molecular formula is C15H13FN2O2S. The average molecular weight is 304 g/mol. The van der Waals surface area contributed by atoms with Crippen LogP contribution in [0, 0.1) is 17.1 Å². The van der Waals surface area contributed by atoms with E-state index < -0.39 is 17.3 Å². The maximum atomic E-state index is 12.9. The quantitative estimate of drug-likeness (QED) is 0.911. The third kappa shape index (κ3) is 3.45. The fourth-order valence-electron chi connectivity index (χ4n) is 1.82. The second-order valence-corrected chi connectivity index (χ2v) is 5.65. The lowest BCUT2D eigenvalue weighted by Crippen LogP contribution is -2.38. The van der Waals surface area contributed by atoms with Crippen LogP contribution in [0.3, 0.4) is 0 Å². The van der Waals surface area contributed by atoms with Crippen molar-refractivity contribution in [2.75, 3.05) is 6.54 Å². The second-order valence-electron chi connectivity index (χ2n) is 4.74. The van der Waals surface area contributed by atoms with Gasteiger partial charge in [-0.15, -0.1) is 11.3 Å². The molecule has 108 valence electrons. The summed E-state index contributed by atoms with van der Waals surface area (Å²) in [5.41, 5.74) is -0.525. The molecule has 0 radical (unpaired) electrons. The highest BCUT2D eigenvalue weighted by Gasteiger charge is 2.25. The van der Waals surface area contributed by atoms with Gasteiger partial charge in [0.25, 0.3) is 5.91 Å². The molecule has 4 nitrogen and oxygen atoms in total. The number of nitrogens with one attached hydrogen (secondary N) is 1. The molecule has 1 atom stereocenters. The molecule has 0 spiro atoms. The molecule has 1 heterocycles. The van der Waals surface area contributed by atoms with E-state index in [1.165, 1.54) is 31.2 Å². The zero-order valence-corrected chi connectivity index (χ0v) is 12.1. The van der Waals surface area contributed by atoms with E-state index >= 15 is 0 Å². The molecule has 2 N–H and O–H groups in total. The van der Waals surface area contributed by atoms with Crippen LogP contribution >= 0.6 is 11.3 Å². The summed E-state index contributed by atoms with van der Waals surface area (Å²) in [5, 5.41) is 23.5. The minimum absolute atomic E-state index is 0.0414. The van der Waals surface area contributed by atoms with E-state index in [2.05, 4.69) is 5.32 Å². The van der Waals surface area contributed by atoms with Gasteiger partial charge in [0.1, 0.15) is 22.4 Å². The summed E-state index contributed by atoms with van der Waals surface area (Å²) in [4.78, 5) is 12.3. The van der Waals surface area contributed by atoms with Crippen molar-refractivity contribution in [3.8, 4) is 6.07 Å². The van der Waals surface area contributed by atoms with Gasteiger partial charge in [0.05, 0.1) is 12.1 Å².